The molecule has 2 nitrogen and oxygen atoms in total. The lowest BCUT2D eigenvalue weighted by atomic mass is 9.76. The molecule has 2 aromatic rings. The van der Waals surface area contributed by atoms with Crippen LogP contribution in [-0.2, 0) is 16.7 Å². The molecule has 0 saturated carbocycles. The van der Waals surface area contributed by atoms with E-state index < -0.39 is 0 Å². The topological polar surface area (TPSA) is 12.5 Å². The number of ether oxygens (including phenoxy) is 1. The first-order valence-electron chi connectivity index (χ1n) is 7.34. The molecule has 3 rings (SSSR count). The Morgan fingerprint density at radius 2 is 1.86 bits per heavy atom. The van der Waals surface area contributed by atoms with E-state index in [2.05, 4.69) is 72.2 Å². The maximum Gasteiger partial charge on any atom is 0.0998 e. The van der Waals surface area contributed by atoms with E-state index in [-0.39, 0.29) is 5.54 Å². The van der Waals surface area contributed by atoms with Crippen LogP contribution < -0.4 is 0 Å². The third-order valence-corrected chi connectivity index (χ3v) is 4.37. The quantitative estimate of drug-likeness (QED) is 0.793. The molecule has 2 aromatic carbocycles. The van der Waals surface area contributed by atoms with Crippen molar-refractivity contribution in [2.45, 2.75) is 12.0 Å². The molecule has 2 heteroatoms. The van der Waals surface area contributed by atoms with Crippen molar-refractivity contribution in [2.75, 3.05) is 20.4 Å². The number of benzene rings is 2. The van der Waals surface area contributed by atoms with Crippen LogP contribution in [0, 0.1) is 0 Å². The van der Waals surface area contributed by atoms with Crippen LogP contribution in [0.1, 0.15) is 16.7 Å². The normalized spacial score (nSPS) is 21.8. The van der Waals surface area contributed by atoms with Gasteiger partial charge in [0.1, 0.15) is 0 Å². The average Bonchev–Trinajstić information content (AvgIpc) is 2.56. The van der Waals surface area contributed by atoms with Gasteiger partial charge in [-0.05, 0) is 23.1 Å². The van der Waals surface area contributed by atoms with Gasteiger partial charge in [-0.3, -0.25) is 4.90 Å². The minimum absolute atomic E-state index is 0.313. The monoisotopic (exact) mass is 279 g/mol. The predicted molar refractivity (Wildman–Crippen MR) is 86.1 cm³/mol. The molecule has 108 valence electrons. The van der Waals surface area contributed by atoms with Crippen molar-refractivity contribution >= 4 is 0 Å². The number of rotatable bonds is 4. The summed E-state index contributed by atoms with van der Waals surface area (Å²) < 4.78 is 5.45. The predicted octanol–water partition coefficient (Wildman–Crippen LogP) is 3.58. The Hall–Kier alpha value is -1.90. The molecule has 0 saturated heterocycles. The molecule has 0 amide bonds. The van der Waals surface area contributed by atoms with Gasteiger partial charge in [0.2, 0.25) is 0 Å². The van der Waals surface area contributed by atoms with E-state index in [0.29, 0.717) is 6.73 Å². The summed E-state index contributed by atoms with van der Waals surface area (Å²) in [4.78, 5) is 2.36. The van der Waals surface area contributed by atoms with Crippen LogP contribution in [0.15, 0.2) is 67.3 Å². The standard InChI is InChI=1S/C19H21NO/c1-3-19(17-10-5-4-6-11-17)18-12-8-7-9-16(18)13-14-20(19)15-21-2/h3-12H,1,13-15H2,2H3. The van der Waals surface area contributed by atoms with Crippen molar-refractivity contribution < 1.29 is 4.74 Å². The Morgan fingerprint density at radius 1 is 1.14 bits per heavy atom. The van der Waals surface area contributed by atoms with Crippen molar-refractivity contribution in [1.82, 2.24) is 4.90 Å². The van der Waals surface area contributed by atoms with E-state index in [9.17, 15) is 0 Å². The number of methoxy groups -OCH3 is 1. The number of hydrogen-bond acceptors (Lipinski definition) is 2. The molecule has 0 aliphatic carbocycles. The highest BCUT2D eigenvalue weighted by molar-refractivity contribution is 5.48. The SMILES string of the molecule is C=CC1(c2ccccc2)c2ccccc2CCN1COC. The summed E-state index contributed by atoms with van der Waals surface area (Å²) in [5.41, 5.74) is 3.64. The smallest absolute Gasteiger partial charge is 0.0998 e. The largest absolute Gasteiger partial charge is 0.369 e. The summed E-state index contributed by atoms with van der Waals surface area (Å²) in [6.45, 7) is 5.72. The summed E-state index contributed by atoms with van der Waals surface area (Å²) >= 11 is 0. The second-order valence-corrected chi connectivity index (χ2v) is 5.42. The molecule has 0 fully saturated rings. The van der Waals surface area contributed by atoms with Gasteiger partial charge >= 0.3 is 0 Å². The number of fused-ring (bicyclic) bond motifs is 1. The van der Waals surface area contributed by atoms with Gasteiger partial charge < -0.3 is 4.74 Å². The lowest BCUT2D eigenvalue weighted by molar-refractivity contribution is 0.0114. The summed E-state index contributed by atoms with van der Waals surface area (Å²) in [5, 5.41) is 0. The van der Waals surface area contributed by atoms with Gasteiger partial charge in [0.25, 0.3) is 0 Å². The molecule has 0 N–H and O–H groups in total. The highest BCUT2D eigenvalue weighted by Crippen LogP contribution is 2.41. The van der Waals surface area contributed by atoms with Crippen LogP contribution in [0.3, 0.4) is 0 Å². The summed E-state index contributed by atoms with van der Waals surface area (Å²) in [6.07, 6.45) is 3.10. The number of nitrogens with zero attached hydrogens (tertiary/aromatic N) is 1. The van der Waals surface area contributed by atoms with Crippen molar-refractivity contribution in [2.24, 2.45) is 0 Å². The zero-order chi connectivity index (χ0) is 14.7. The van der Waals surface area contributed by atoms with Gasteiger partial charge in [0.15, 0.2) is 0 Å². The van der Waals surface area contributed by atoms with Crippen molar-refractivity contribution in [3.05, 3.63) is 83.9 Å². The highest BCUT2D eigenvalue weighted by Gasteiger charge is 2.41. The molecule has 0 aromatic heterocycles. The van der Waals surface area contributed by atoms with Crippen LogP contribution in [0.2, 0.25) is 0 Å². The van der Waals surface area contributed by atoms with Gasteiger partial charge in [0, 0.05) is 13.7 Å². The molecule has 1 aliphatic rings. The van der Waals surface area contributed by atoms with E-state index in [0.717, 1.165) is 13.0 Å². The molecule has 21 heavy (non-hydrogen) atoms. The molecule has 0 spiro atoms. The first kappa shape index (κ1) is 14.1. The molecule has 1 unspecified atom stereocenters. The molecule has 0 radical (unpaired) electrons. The van der Waals surface area contributed by atoms with Crippen LogP contribution in [0.5, 0.6) is 0 Å². The van der Waals surface area contributed by atoms with E-state index in [1.165, 1.54) is 16.7 Å². The van der Waals surface area contributed by atoms with Gasteiger partial charge in [-0.25, -0.2) is 0 Å². The molecular weight excluding hydrogens is 258 g/mol. The highest BCUT2D eigenvalue weighted by atomic mass is 16.5. The van der Waals surface area contributed by atoms with Crippen LogP contribution >= 0.6 is 0 Å². The molecule has 1 heterocycles. The lowest BCUT2D eigenvalue weighted by Crippen LogP contribution is -2.50. The summed E-state index contributed by atoms with van der Waals surface area (Å²) in [5.74, 6) is 0. The van der Waals surface area contributed by atoms with Crippen LogP contribution in [-0.4, -0.2) is 25.3 Å². The minimum Gasteiger partial charge on any atom is -0.369 e. The Kier molecular flexibility index (Phi) is 3.91. The number of hydrogen-bond donors (Lipinski definition) is 0. The van der Waals surface area contributed by atoms with Gasteiger partial charge in [-0.1, -0.05) is 60.7 Å². The second-order valence-electron chi connectivity index (χ2n) is 5.42. The molecular formula is C19H21NO. The van der Waals surface area contributed by atoms with E-state index >= 15 is 0 Å². The maximum atomic E-state index is 5.45. The summed E-state index contributed by atoms with van der Waals surface area (Å²) in [7, 11) is 1.75. The zero-order valence-corrected chi connectivity index (χ0v) is 12.5. The fraction of sp³-hybridized carbons (Fsp3) is 0.263. The Bertz CT molecular complexity index is 622. The Labute approximate surface area is 126 Å². The first-order chi connectivity index (χ1) is 10.3. The Morgan fingerprint density at radius 3 is 2.57 bits per heavy atom. The van der Waals surface area contributed by atoms with Crippen LogP contribution in [0.25, 0.3) is 0 Å². The first-order valence-corrected chi connectivity index (χ1v) is 7.34. The fourth-order valence-corrected chi connectivity index (χ4v) is 3.42. The third kappa shape index (κ3) is 2.21. The van der Waals surface area contributed by atoms with E-state index in [1.54, 1.807) is 7.11 Å². The third-order valence-electron chi connectivity index (χ3n) is 4.37. The molecule has 1 atom stereocenters. The minimum atomic E-state index is -0.313. The van der Waals surface area contributed by atoms with Gasteiger partial charge in [-0.2, -0.15) is 0 Å². The van der Waals surface area contributed by atoms with Crippen molar-refractivity contribution in [3.63, 3.8) is 0 Å². The van der Waals surface area contributed by atoms with Gasteiger partial charge in [0.05, 0.1) is 12.3 Å². The fourth-order valence-electron chi connectivity index (χ4n) is 3.42. The van der Waals surface area contributed by atoms with E-state index in [1.807, 2.05) is 0 Å². The average molecular weight is 279 g/mol. The summed E-state index contributed by atoms with van der Waals surface area (Å²) in [6, 6.07) is 19.2. The maximum absolute atomic E-state index is 5.45. The lowest BCUT2D eigenvalue weighted by Gasteiger charge is -2.46. The van der Waals surface area contributed by atoms with Crippen molar-refractivity contribution in [1.29, 1.82) is 0 Å². The van der Waals surface area contributed by atoms with Crippen molar-refractivity contribution in [3.8, 4) is 0 Å². The zero-order valence-electron chi connectivity index (χ0n) is 12.5. The van der Waals surface area contributed by atoms with Gasteiger partial charge in [-0.15, -0.1) is 6.58 Å². The molecule has 1 aliphatic heterocycles. The molecule has 0 bridgehead atoms. The second kappa shape index (κ2) is 5.84. The Balaban J connectivity index is 2.23. The van der Waals surface area contributed by atoms with Crippen LogP contribution in [0.4, 0.5) is 0 Å². The van der Waals surface area contributed by atoms with E-state index in [4.69, 9.17) is 4.74 Å².